The number of imidazole rings is 1. The Morgan fingerprint density at radius 3 is 2.79 bits per heavy atom. The van der Waals surface area contributed by atoms with E-state index in [1.807, 2.05) is 6.92 Å². The van der Waals surface area contributed by atoms with E-state index in [2.05, 4.69) is 19.5 Å². The molecule has 2 aromatic rings. The molecule has 0 spiro atoms. The molecule has 3 heterocycles. The first kappa shape index (κ1) is 12.3. The highest BCUT2D eigenvalue weighted by atomic mass is 16.5. The Labute approximate surface area is 110 Å². The molecule has 0 bridgehead atoms. The summed E-state index contributed by atoms with van der Waals surface area (Å²) in [6, 6.07) is 0. The molecule has 1 N–H and O–H groups in total. The molecule has 0 unspecified atom stereocenters. The molecule has 19 heavy (non-hydrogen) atoms. The maximum atomic E-state index is 11.9. The zero-order valence-electron chi connectivity index (χ0n) is 11.3. The van der Waals surface area contributed by atoms with E-state index in [1.54, 1.807) is 6.92 Å². The third-order valence-corrected chi connectivity index (χ3v) is 3.70. The molecule has 1 aliphatic rings. The van der Waals surface area contributed by atoms with Gasteiger partial charge in [-0.2, -0.15) is 0 Å². The van der Waals surface area contributed by atoms with Crippen LogP contribution in [0.4, 0.5) is 0 Å². The van der Waals surface area contributed by atoms with Crippen molar-refractivity contribution in [1.82, 2.24) is 19.5 Å². The Kier molecular flexibility index (Phi) is 3.10. The number of nitrogens with one attached hydrogen (secondary N) is 1. The normalized spacial score (nSPS) is 17.2. The molecule has 6 heteroatoms. The van der Waals surface area contributed by atoms with Gasteiger partial charge < -0.3 is 14.3 Å². The first-order chi connectivity index (χ1) is 9.15. The third kappa shape index (κ3) is 2.28. The van der Waals surface area contributed by atoms with Crippen LogP contribution in [0.2, 0.25) is 0 Å². The fourth-order valence-electron chi connectivity index (χ4n) is 2.63. The van der Waals surface area contributed by atoms with E-state index in [9.17, 15) is 4.79 Å². The predicted octanol–water partition coefficient (Wildman–Crippen LogP) is 1.16. The summed E-state index contributed by atoms with van der Waals surface area (Å²) >= 11 is 0. The summed E-state index contributed by atoms with van der Waals surface area (Å²) in [7, 11) is 0. The number of H-pyrrole nitrogens is 1. The standard InChI is InChI=1S/C13H18N4O2/c1-8-14-12-11(13(18)15-8)16-9(2)17(12)7-10-3-5-19-6-4-10/h10H,3-7H2,1-2H3,(H,14,15,18). The number of aromatic amines is 1. The van der Waals surface area contributed by atoms with Gasteiger partial charge in [0.05, 0.1) is 0 Å². The monoisotopic (exact) mass is 262 g/mol. The summed E-state index contributed by atoms with van der Waals surface area (Å²) in [4.78, 5) is 23.3. The Bertz CT molecular complexity index is 652. The summed E-state index contributed by atoms with van der Waals surface area (Å²) in [6.45, 7) is 6.23. The van der Waals surface area contributed by atoms with Crippen molar-refractivity contribution < 1.29 is 4.74 Å². The molecule has 6 nitrogen and oxygen atoms in total. The molecule has 102 valence electrons. The summed E-state index contributed by atoms with van der Waals surface area (Å²) in [5.41, 5.74) is 0.983. The maximum absolute atomic E-state index is 11.9. The highest BCUT2D eigenvalue weighted by molar-refractivity contribution is 5.70. The van der Waals surface area contributed by atoms with Gasteiger partial charge in [-0.1, -0.05) is 0 Å². The van der Waals surface area contributed by atoms with Crippen molar-refractivity contribution >= 4 is 11.2 Å². The number of aryl methyl sites for hydroxylation is 2. The van der Waals surface area contributed by atoms with Gasteiger partial charge in [-0.05, 0) is 32.6 Å². The molecule has 2 aromatic heterocycles. The van der Waals surface area contributed by atoms with Crippen LogP contribution < -0.4 is 5.56 Å². The number of hydrogen-bond donors (Lipinski definition) is 1. The van der Waals surface area contributed by atoms with Crippen molar-refractivity contribution in [2.24, 2.45) is 5.92 Å². The molecule has 1 saturated heterocycles. The molecule has 0 aliphatic carbocycles. The van der Waals surface area contributed by atoms with Crippen LogP contribution in [-0.4, -0.2) is 32.7 Å². The van der Waals surface area contributed by atoms with E-state index >= 15 is 0 Å². The second-order valence-electron chi connectivity index (χ2n) is 5.15. The van der Waals surface area contributed by atoms with E-state index in [0.717, 1.165) is 38.4 Å². The van der Waals surface area contributed by atoms with Gasteiger partial charge in [-0.25, -0.2) is 9.97 Å². The highest BCUT2D eigenvalue weighted by Crippen LogP contribution is 2.20. The van der Waals surface area contributed by atoms with Crippen LogP contribution in [0.25, 0.3) is 11.2 Å². The fraction of sp³-hybridized carbons (Fsp3) is 0.615. The van der Waals surface area contributed by atoms with Crippen molar-refractivity contribution in [1.29, 1.82) is 0 Å². The lowest BCUT2D eigenvalue weighted by molar-refractivity contribution is 0.0614. The summed E-state index contributed by atoms with van der Waals surface area (Å²) in [6.07, 6.45) is 2.11. The lowest BCUT2D eigenvalue weighted by atomic mass is 10.0. The molecule has 1 fully saturated rings. The van der Waals surface area contributed by atoms with Gasteiger partial charge in [0, 0.05) is 19.8 Å². The van der Waals surface area contributed by atoms with Crippen molar-refractivity contribution in [2.75, 3.05) is 13.2 Å². The number of ether oxygens (including phenoxy) is 1. The van der Waals surface area contributed by atoms with Crippen molar-refractivity contribution in [3.63, 3.8) is 0 Å². The number of aromatic nitrogens is 4. The van der Waals surface area contributed by atoms with E-state index < -0.39 is 0 Å². The number of hydrogen-bond acceptors (Lipinski definition) is 4. The van der Waals surface area contributed by atoms with Gasteiger partial charge in [0.2, 0.25) is 0 Å². The van der Waals surface area contributed by atoms with Crippen LogP contribution in [0, 0.1) is 19.8 Å². The Morgan fingerprint density at radius 1 is 1.32 bits per heavy atom. The summed E-state index contributed by atoms with van der Waals surface area (Å²) in [5.74, 6) is 2.06. The van der Waals surface area contributed by atoms with Gasteiger partial charge in [0.25, 0.3) is 5.56 Å². The maximum Gasteiger partial charge on any atom is 0.279 e. The van der Waals surface area contributed by atoms with Gasteiger partial charge in [-0.3, -0.25) is 4.79 Å². The number of fused-ring (bicyclic) bond motifs is 1. The molecule has 3 rings (SSSR count). The van der Waals surface area contributed by atoms with Gasteiger partial charge in [-0.15, -0.1) is 0 Å². The molecule has 0 aromatic carbocycles. The highest BCUT2D eigenvalue weighted by Gasteiger charge is 2.19. The van der Waals surface area contributed by atoms with Crippen LogP contribution >= 0.6 is 0 Å². The van der Waals surface area contributed by atoms with Crippen LogP contribution in [0.1, 0.15) is 24.5 Å². The second kappa shape index (κ2) is 4.77. The van der Waals surface area contributed by atoms with Crippen molar-refractivity contribution in [3.05, 3.63) is 22.0 Å². The molecule has 0 amide bonds. The molecule has 0 radical (unpaired) electrons. The second-order valence-corrected chi connectivity index (χ2v) is 5.15. The van der Waals surface area contributed by atoms with Crippen molar-refractivity contribution in [3.8, 4) is 0 Å². The lowest BCUT2D eigenvalue weighted by Crippen LogP contribution is -2.21. The minimum absolute atomic E-state index is 0.156. The Morgan fingerprint density at radius 2 is 2.05 bits per heavy atom. The van der Waals surface area contributed by atoms with E-state index in [0.29, 0.717) is 22.9 Å². The summed E-state index contributed by atoms with van der Waals surface area (Å²) < 4.78 is 7.44. The molecule has 0 atom stereocenters. The average Bonchev–Trinajstić information content (AvgIpc) is 2.69. The molecular formula is C13H18N4O2. The minimum atomic E-state index is -0.156. The number of nitrogens with zero attached hydrogens (tertiary/aromatic N) is 3. The van der Waals surface area contributed by atoms with E-state index in [-0.39, 0.29) is 5.56 Å². The summed E-state index contributed by atoms with van der Waals surface area (Å²) in [5, 5.41) is 0. The fourth-order valence-corrected chi connectivity index (χ4v) is 2.63. The van der Waals surface area contributed by atoms with Crippen LogP contribution in [0.3, 0.4) is 0 Å². The van der Waals surface area contributed by atoms with Crippen LogP contribution in [0.15, 0.2) is 4.79 Å². The average molecular weight is 262 g/mol. The smallest absolute Gasteiger partial charge is 0.279 e. The van der Waals surface area contributed by atoms with Crippen molar-refractivity contribution in [2.45, 2.75) is 33.2 Å². The Hall–Kier alpha value is -1.69. The first-order valence-corrected chi connectivity index (χ1v) is 6.66. The topological polar surface area (TPSA) is 72.8 Å². The first-order valence-electron chi connectivity index (χ1n) is 6.66. The van der Waals surface area contributed by atoms with Gasteiger partial charge in [0.1, 0.15) is 11.6 Å². The largest absolute Gasteiger partial charge is 0.381 e. The molecular weight excluding hydrogens is 244 g/mol. The molecule has 1 aliphatic heterocycles. The van der Waals surface area contributed by atoms with E-state index in [4.69, 9.17) is 4.74 Å². The van der Waals surface area contributed by atoms with Crippen LogP contribution in [-0.2, 0) is 11.3 Å². The Balaban J connectivity index is 2.02. The third-order valence-electron chi connectivity index (χ3n) is 3.70. The predicted molar refractivity (Wildman–Crippen MR) is 71.2 cm³/mol. The lowest BCUT2D eigenvalue weighted by Gasteiger charge is -2.22. The minimum Gasteiger partial charge on any atom is -0.381 e. The van der Waals surface area contributed by atoms with Gasteiger partial charge >= 0.3 is 0 Å². The zero-order chi connectivity index (χ0) is 13.4. The SMILES string of the molecule is Cc1nc2c(nc(C)n2CC2CCOCC2)c(=O)[nH]1. The quantitative estimate of drug-likeness (QED) is 0.881. The van der Waals surface area contributed by atoms with E-state index in [1.165, 1.54) is 0 Å². The van der Waals surface area contributed by atoms with Crippen LogP contribution in [0.5, 0.6) is 0 Å². The zero-order valence-corrected chi connectivity index (χ0v) is 11.3. The number of rotatable bonds is 2. The van der Waals surface area contributed by atoms with Gasteiger partial charge in [0.15, 0.2) is 11.2 Å². The molecule has 0 saturated carbocycles.